The molecule has 2 atom stereocenters. The van der Waals surface area contributed by atoms with Crippen molar-refractivity contribution in [1.82, 2.24) is 10.2 Å². The minimum atomic E-state index is 0.312. The van der Waals surface area contributed by atoms with Gasteiger partial charge in [-0.15, -0.1) is 0 Å². The SMILES string of the molecule is CC(C)NCCC(=O)N1CCCC(C)C1C. The lowest BCUT2D eigenvalue weighted by Gasteiger charge is -2.38. The van der Waals surface area contributed by atoms with Crippen molar-refractivity contribution in [3.63, 3.8) is 0 Å². The molecule has 3 heteroatoms. The van der Waals surface area contributed by atoms with E-state index >= 15 is 0 Å². The highest BCUT2D eigenvalue weighted by Crippen LogP contribution is 2.23. The fourth-order valence-corrected chi connectivity index (χ4v) is 2.30. The summed E-state index contributed by atoms with van der Waals surface area (Å²) in [6, 6.07) is 0.880. The molecule has 1 aliphatic rings. The molecule has 1 aliphatic heterocycles. The molecule has 0 saturated carbocycles. The molecule has 0 aromatic carbocycles. The highest BCUT2D eigenvalue weighted by atomic mass is 16.2. The minimum Gasteiger partial charge on any atom is -0.340 e. The Kier molecular flexibility index (Phi) is 5.26. The number of piperidine rings is 1. The van der Waals surface area contributed by atoms with Gasteiger partial charge in [0, 0.05) is 31.6 Å². The van der Waals surface area contributed by atoms with Crippen molar-refractivity contribution in [1.29, 1.82) is 0 Å². The first-order valence-electron chi connectivity index (χ1n) is 6.55. The molecule has 1 rings (SSSR count). The van der Waals surface area contributed by atoms with Crippen molar-refractivity contribution in [2.24, 2.45) is 5.92 Å². The van der Waals surface area contributed by atoms with E-state index in [1.54, 1.807) is 0 Å². The summed E-state index contributed by atoms with van der Waals surface area (Å²) < 4.78 is 0. The average Bonchev–Trinajstić information content (AvgIpc) is 2.21. The van der Waals surface area contributed by atoms with Crippen molar-refractivity contribution in [3.05, 3.63) is 0 Å². The molecule has 0 spiro atoms. The predicted octanol–water partition coefficient (Wildman–Crippen LogP) is 2.02. The van der Waals surface area contributed by atoms with Gasteiger partial charge >= 0.3 is 0 Å². The third kappa shape index (κ3) is 3.78. The fraction of sp³-hybridized carbons (Fsp3) is 0.923. The lowest BCUT2D eigenvalue weighted by atomic mass is 9.92. The van der Waals surface area contributed by atoms with E-state index in [1.807, 2.05) is 0 Å². The normalized spacial score (nSPS) is 26.2. The largest absolute Gasteiger partial charge is 0.340 e. The Morgan fingerprint density at radius 2 is 2.12 bits per heavy atom. The maximum absolute atomic E-state index is 12.0. The van der Waals surface area contributed by atoms with Crippen LogP contribution in [0.5, 0.6) is 0 Å². The van der Waals surface area contributed by atoms with Gasteiger partial charge in [0.25, 0.3) is 0 Å². The summed E-state index contributed by atoms with van der Waals surface area (Å²) >= 11 is 0. The van der Waals surface area contributed by atoms with Crippen LogP contribution >= 0.6 is 0 Å². The first-order valence-corrected chi connectivity index (χ1v) is 6.55. The van der Waals surface area contributed by atoms with Gasteiger partial charge in [-0.25, -0.2) is 0 Å². The van der Waals surface area contributed by atoms with E-state index in [0.717, 1.165) is 19.5 Å². The smallest absolute Gasteiger partial charge is 0.224 e. The summed E-state index contributed by atoms with van der Waals surface area (Å²) in [6.07, 6.45) is 3.05. The van der Waals surface area contributed by atoms with E-state index in [-0.39, 0.29) is 0 Å². The monoisotopic (exact) mass is 226 g/mol. The van der Waals surface area contributed by atoms with Crippen LogP contribution in [0.15, 0.2) is 0 Å². The molecule has 1 amide bonds. The van der Waals surface area contributed by atoms with Crippen molar-refractivity contribution in [3.8, 4) is 0 Å². The molecule has 1 saturated heterocycles. The Hall–Kier alpha value is -0.570. The van der Waals surface area contributed by atoms with E-state index < -0.39 is 0 Å². The van der Waals surface area contributed by atoms with Crippen LogP contribution in [0.25, 0.3) is 0 Å². The third-order valence-corrected chi connectivity index (χ3v) is 3.59. The molecular weight excluding hydrogens is 200 g/mol. The van der Waals surface area contributed by atoms with Gasteiger partial charge in [0.05, 0.1) is 0 Å². The van der Waals surface area contributed by atoms with E-state index in [2.05, 4.69) is 37.9 Å². The quantitative estimate of drug-likeness (QED) is 0.795. The van der Waals surface area contributed by atoms with Crippen LogP contribution in [0.4, 0.5) is 0 Å². The van der Waals surface area contributed by atoms with E-state index in [4.69, 9.17) is 0 Å². The van der Waals surface area contributed by atoms with Gasteiger partial charge in [0.2, 0.25) is 5.91 Å². The molecule has 1 fully saturated rings. The maximum atomic E-state index is 12.0. The second-order valence-electron chi connectivity index (χ2n) is 5.31. The first-order chi connectivity index (χ1) is 7.52. The van der Waals surface area contributed by atoms with Crippen LogP contribution in [0.3, 0.4) is 0 Å². The van der Waals surface area contributed by atoms with E-state index in [0.29, 0.717) is 30.3 Å². The van der Waals surface area contributed by atoms with Crippen LogP contribution in [0.2, 0.25) is 0 Å². The summed E-state index contributed by atoms with van der Waals surface area (Å²) in [7, 11) is 0. The maximum Gasteiger partial charge on any atom is 0.224 e. The van der Waals surface area contributed by atoms with Gasteiger partial charge in [-0.05, 0) is 25.7 Å². The summed E-state index contributed by atoms with van der Waals surface area (Å²) in [5.74, 6) is 0.961. The lowest BCUT2D eigenvalue weighted by molar-refractivity contribution is -0.135. The van der Waals surface area contributed by atoms with Crippen LogP contribution in [-0.2, 0) is 4.79 Å². The summed E-state index contributed by atoms with van der Waals surface area (Å²) in [5, 5.41) is 3.29. The first kappa shape index (κ1) is 13.5. The van der Waals surface area contributed by atoms with E-state index in [9.17, 15) is 4.79 Å². The van der Waals surface area contributed by atoms with E-state index in [1.165, 1.54) is 6.42 Å². The number of amides is 1. The number of nitrogens with zero attached hydrogens (tertiary/aromatic N) is 1. The molecule has 1 heterocycles. The Balaban J connectivity index is 2.35. The van der Waals surface area contributed by atoms with Crippen molar-refractivity contribution in [2.45, 2.75) is 59.0 Å². The van der Waals surface area contributed by atoms with Gasteiger partial charge in [-0.1, -0.05) is 20.8 Å². The number of hydrogen-bond acceptors (Lipinski definition) is 2. The Labute approximate surface area is 99.6 Å². The molecule has 3 nitrogen and oxygen atoms in total. The number of rotatable bonds is 4. The second-order valence-corrected chi connectivity index (χ2v) is 5.31. The van der Waals surface area contributed by atoms with Crippen LogP contribution in [0.1, 0.15) is 47.0 Å². The summed E-state index contributed by atoms with van der Waals surface area (Å²) in [6.45, 7) is 10.4. The molecule has 0 aromatic rings. The topological polar surface area (TPSA) is 32.3 Å². The molecule has 2 unspecified atom stereocenters. The number of hydrogen-bond donors (Lipinski definition) is 1. The second kappa shape index (κ2) is 6.24. The van der Waals surface area contributed by atoms with Gasteiger partial charge in [-0.2, -0.15) is 0 Å². The minimum absolute atomic E-state index is 0.312. The number of carbonyl (C=O) groups excluding carboxylic acids is 1. The van der Waals surface area contributed by atoms with Crippen LogP contribution in [0, 0.1) is 5.92 Å². The molecule has 0 radical (unpaired) electrons. The predicted molar refractivity (Wildman–Crippen MR) is 67.3 cm³/mol. The molecular formula is C13H26N2O. The lowest BCUT2D eigenvalue weighted by Crippen LogP contribution is -2.46. The Bertz CT molecular complexity index is 228. The van der Waals surface area contributed by atoms with Crippen molar-refractivity contribution >= 4 is 5.91 Å². The molecule has 0 aliphatic carbocycles. The molecule has 94 valence electrons. The third-order valence-electron chi connectivity index (χ3n) is 3.59. The molecule has 1 N–H and O–H groups in total. The van der Waals surface area contributed by atoms with Crippen LogP contribution in [-0.4, -0.2) is 36.0 Å². The highest BCUT2D eigenvalue weighted by Gasteiger charge is 2.27. The Morgan fingerprint density at radius 3 is 2.75 bits per heavy atom. The highest BCUT2D eigenvalue weighted by molar-refractivity contribution is 5.76. The zero-order chi connectivity index (χ0) is 12.1. The number of carbonyl (C=O) groups is 1. The summed E-state index contributed by atoms with van der Waals surface area (Å²) in [5.41, 5.74) is 0. The standard InChI is InChI=1S/C13H26N2O/c1-10(2)14-8-7-13(16)15-9-5-6-11(3)12(15)4/h10-12,14H,5-9H2,1-4H3. The van der Waals surface area contributed by atoms with Crippen molar-refractivity contribution in [2.75, 3.05) is 13.1 Å². The Morgan fingerprint density at radius 1 is 1.44 bits per heavy atom. The number of likely N-dealkylation sites (tertiary alicyclic amines) is 1. The number of nitrogens with one attached hydrogen (secondary N) is 1. The molecule has 16 heavy (non-hydrogen) atoms. The zero-order valence-electron chi connectivity index (χ0n) is 11.1. The molecule has 0 aromatic heterocycles. The summed E-state index contributed by atoms with van der Waals surface area (Å²) in [4.78, 5) is 14.1. The van der Waals surface area contributed by atoms with Crippen LogP contribution < -0.4 is 5.32 Å². The van der Waals surface area contributed by atoms with Gasteiger partial charge in [0.15, 0.2) is 0 Å². The average molecular weight is 226 g/mol. The van der Waals surface area contributed by atoms with Gasteiger partial charge in [0.1, 0.15) is 0 Å². The zero-order valence-corrected chi connectivity index (χ0v) is 11.1. The fourth-order valence-electron chi connectivity index (χ4n) is 2.30. The van der Waals surface area contributed by atoms with Crippen molar-refractivity contribution < 1.29 is 4.79 Å². The molecule has 0 bridgehead atoms. The van der Waals surface area contributed by atoms with Gasteiger partial charge in [-0.3, -0.25) is 4.79 Å². The van der Waals surface area contributed by atoms with Gasteiger partial charge < -0.3 is 10.2 Å².